The molecule has 0 amide bonds. The van der Waals surface area contributed by atoms with Crippen LogP contribution in [0.2, 0.25) is 5.02 Å². The molecule has 4 unspecified atom stereocenters. The van der Waals surface area contributed by atoms with Gasteiger partial charge in [-0.2, -0.15) is 0 Å². The molecule has 0 aliphatic heterocycles. The summed E-state index contributed by atoms with van der Waals surface area (Å²) in [6, 6.07) is 6.98. The van der Waals surface area contributed by atoms with Crippen molar-refractivity contribution in [3.8, 4) is 0 Å². The number of hydrogen-bond donors (Lipinski definition) is 2. The molecule has 2 bridgehead atoms. The first-order chi connectivity index (χ1) is 13.8. The molecule has 1 aromatic carbocycles. The molecule has 3 fully saturated rings. The Morgan fingerprint density at radius 3 is 2.66 bits per heavy atom. The molecular weight excluding hydrogens is 410 g/mol. The summed E-state index contributed by atoms with van der Waals surface area (Å²) in [6.07, 6.45) is 11.6. The van der Waals surface area contributed by atoms with E-state index < -0.39 is 16.0 Å². The normalized spacial score (nSPS) is 27.1. The number of allylic oxidation sites excluding steroid dienone is 2. The number of aliphatic carboxylic acids is 1. The molecule has 4 atom stereocenters. The van der Waals surface area contributed by atoms with Crippen LogP contribution in [-0.2, 0) is 14.8 Å². The molecule has 0 saturated heterocycles. The number of sulfonamides is 1. The Hall–Kier alpha value is -1.63. The molecule has 0 heterocycles. The Morgan fingerprint density at radius 2 is 1.97 bits per heavy atom. The van der Waals surface area contributed by atoms with Gasteiger partial charge in [-0.3, -0.25) is 4.79 Å². The van der Waals surface area contributed by atoms with Gasteiger partial charge in [-0.05, 0) is 73.6 Å². The molecule has 0 aromatic heterocycles. The number of benzene rings is 1. The molecule has 7 heteroatoms. The number of hydrogen-bond acceptors (Lipinski definition) is 3. The van der Waals surface area contributed by atoms with E-state index in [4.69, 9.17) is 16.7 Å². The van der Waals surface area contributed by atoms with Crippen molar-refractivity contribution in [2.75, 3.05) is 0 Å². The zero-order valence-corrected chi connectivity index (χ0v) is 17.9. The van der Waals surface area contributed by atoms with Crippen LogP contribution >= 0.6 is 11.6 Å². The third kappa shape index (κ3) is 6.69. The Morgan fingerprint density at radius 1 is 1.21 bits per heavy atom. The van der Waals surface area contributed by atoms with Gasteiger partial charge in [0.25, 0.3) is 0 Å². The summed E-state index contributed by atoms with van der Waals surface area (Å²) < 4.78 is 28.1. The number of fused-ring (bicyclic) bond motifs is 3. The van der Waals surface area contributed by atoms with Crippen molar-refractivity contribution in [3.63, 3.8) is 0 Å². The summed E-state index contributed by atoms with van der Waals surface area (Å²) in [6.45, 7) is 0. The summed E-state index contributed by atoms with van der Waals surface area (Å²) in [5.41, 5.74) is 0.784. The van der Waals surface area contributed by atoms with Gasteiger partial charge in [0.05, 0.1) is 0 Å². The fourth-order valence-corrected chi connectivity index (χ4v) is 5.79. The van der Waals surface area contributed by atoms with Gasteiger partial charge in [-0.25, -0.2) is 13.1 Å². The maximum atomic E-state index is 12.6. The SMILES string of the molecule is O=C(O)CCC/C=C/C1CC2CCC1C(NS(=O)(=O)/C=C/c1ccc(Cl)cc1)C2. The fourth-order valence-electron chi connectivity index (χ4n) is 4.56. The molecule has 2 N–H and O–H groups in total. The Balaban J connectivity index is 1.59. The van der Waals surface area contributed by atoms with E-state index in [9.17, 15) is 13.2 Å². The minimum absolute atomic E-state index is 0.0453. The Labute approximate surface area is 177 Å². The molecule has 29 heavy (non-hydrogen) atoms. The lowest BCUT2D eigenvalue weighted by Crippen LogP contribution is -2.49. The fraction of sp³-hybridized carbons (Fsp3) is 0.500. The molecule has 4 rings (SSSR count). The number of carboxylic acids is 1. The first-order valence-electron chi connectivity index (χ1n) is 10.2. The lowest BCUT2D eigenvalue weighted by molar-refractivity contribution is -0.137. The van der Waals surface area contributed by atoms with E-state index in [0.717, 1.165) is 37.7 Å². The monoisotopic (exact) mass is 437 g/mol. The quantitative estimate of drug-likeness (QED) is 0.427. The van der Waals surface area contributed by atoms with Crippen LogP contribution in [0.15, 0.2) is 41.8 Å². The van der Waals surface area contributed by atoms with E-state index in [1.54, 1.807) is 30.3 Å². The molecule has 3 saturated carbocycles. The van der Waals surface area contributed by atoms with Crippen molar-refractivity contribution in [1.29, 1.82) is 0 Å². The van der Waals surface area contributed by atoms with Crippen LogP contribution in [0.4, 0.5) is 0 Å². The first kappa shape index (κ1) is 22.1. The minimum Gasteiger partial charge on any atom is -0.481 e. The second kappa shape index (κ2) is 9.92. The summed E-state index contributed by atoms with van der Waals surface area (Å²) in [5, 5.41) is 10.6. The number of halogens is 1. The maximum Gasteiger partial charge on any atom is 0.303 e. The highest BCUT2D eigenvalue weighted by atomic mass is 35.5. The average Bonchev–Trinajstić information content (AvgIpc) is 2.67. The highest BCUT2D eigenvalue weighted by molar-refractivity contribution is 7.92. The highest BCUT2D eigenvalue weighted by Gasteiger charge is 2.42. The highest BCUT2D eigenvalue weighted by Crippen LogP contribution is 2.46. The second-order valence-electron chi connectivity index (χ2n) is 8.08. The third-order valence-corrected chi connectivity index (χ3v) is 7.32. The van der Waals surface area contributed by atoms with Crippen LogP contribution in [0.1, 0.15) is 50.5 Å². The van der Waals surface area contributed by atoms with Crippen LogP contribution in [-0.4, -0.2) is 25.5 Å². The van der Waals surface area contributed by atoms with E-state index >= 15 is 0 Å². The first-order valence-corrected chi connectivity index (χ1v) is 12.1. The van der Waals surface area contributed by atoms with Gasteiger partial charge in [-0.1, -0.05) is 42.3 Å². The summed E-state index contributed by atoms with van der Waals surface area (Å²) in [4.78, 5) is 10.6. The second-order valence-corrected chi connectivity index (χ2v) is 10.1. The van der Waals surface area contributed by atoms with E-state index in [1.165, 1.54) is 5.41 Å². The molecule has 158 valence electrons. The third-order valence-electron chi connectivity index (χ3n) is 5.94. The van der Waals surface area contributed by atoms with Crippen LogP contribution in [0.5, 0.6) is 0 Å². The van der Waals surface area contributed by atoms with Crippen molar-refractivity contribution < 1.29 is 18.3 Å². The largest absolute Gasteiger partial charge is 0.481 e. The average molecular weight is 438 g/mol. The Kier molecular flexibility index (Phi) is 7.55. The number of carboxylic acid groups (broad SMARTS) is 1. The number of nitrogens with one attached hydrogen (secondary N) is 1. The van der Waals surface area contributed by atoms with Gasteiger partial charge in [-0.15, -0.1) is 0 Å². The predicted octanol–water partition coefficient (Wildman–Crippen LogP) is 4.85. The zero-order chi connectivity index (χ0) is 20.9. The summed E-state index contributed by atoms with van der Waals surface area (Å²) >= 11 is 5.86. The molecular formula is C22H28ClNO4S. The van der Waals surface area contributed by atoms with Gasteiger partial charge < -0.3 is 5.11 Å². The van der Waals surface area contributed by atoms with Gasteiger partial charge in [0.15, 0.2) is 0 Å². The van der Waals surface area contributed by atoms with Gasteiger partial charge in [0.1, 0.15) is 0 Å². The van der Waals surface area contributed by atoms with Crippen LogP contribution in [0, 0.1) is 17.8 Å². The van der Waals surface area contributed by atoms with Crippen molar-refractivity contribution in [1.82, 2.24) is 4.72 Å². The van der Waals surface area contributed by atoms with Crippen LogP contribution < -0.4 is 4.72 Å². The molecule has 1 aromatic rings. The van der Waals surface area contributed by atoms with Gasteiger partial charge >= 0.3 is 5.97 Å². The summed E-state index contributed by atoms with van der Waals surface area (Å²) in [7, 11) is -3.53. The molecule has 0 spiro atoms. The maximum absolute atomic E-state index is 12.6. The van der Waals surface area contributed by atoms with Crippen molar-refractivity contribution in [2.45, 2.75) is 51.0 Å². The van der Waals surface area contributed by atoms with Crippen LogP contribution in [0.25, 0.3) is 6.08 Å². The van der Waals surface area contributed by atoms with E-state index in [1.807, 2.05) is 0 Å². The van der Waals surface area contributed by atoms with Crippen molar-refractivity contribution in [3.05, 3.63) is 52.4 Å². The summed E-state index contributed by atoms with van der Waals surface area (Å²) in [5.74, 6) is 0.438. The number of unbranched alkanes of at least 4 members (excludes halogenated alkanes) is 1. The number of carbonyl (C=O) groups is 1. The van der Waals surface area contributed by atoms with Gasteiger partial charge in [0.2, 0.25) is 10.0 Å². The lowest BCUT2D eigenvalue weighted by Gasteiger charge is -2.46. The minimum atomic E-state index is -3.53. The zero-order valence-electron chi connectivity index (χ0n) is 16.3. The predicted molar refractivity (Wildman–Crippen MR) is 116 cm³/mol. The molecule has 3 aliphatic carbocycles. The smallest absolute Gasteiger partial charge is 0.303 e. The molecule has 0 radical (unpaired) electrons. The van der Waals surface area contributed by atoms with E-state index in [0.29, 0.717) is 29.2 Å². The van der Waals surface area contributed by atoms with Crippen molar-refractivity contribution in [2.24, 2.45) is 17.8 Å². The molecule has 3 aliphatic rings. The number of rotatable bonds is 9. The van der Waals surface area contributed by atoms with Crippen molar-refractivity contribution >= 4 is 33.7 Å². The topological polar surface area (TPSA) is 83.5 Å². The van der Waals surface area contributed by atoms with Gasteiger partial charge in [0, 0.05) is 22.9 Å². The van der Waals surface area contributed by atoms with E-state index in [2.05, 4.69) is 16.9 Å². The Bertz CT molecular complexity index is 863. The van der Waals surface area contributed by atoms with Crippen LogP contribution in [0.3, 0.4) is 0 Å². The standard InChI is InChI=1S/C22H28ClNO4S/c23-19-9-6-16(7-10-19)12-13-29(27,28)24-21-15-17-8-11-20(21)18(14-17)4-2-1-3-5-22(25)26/h2,4,6-7,9-10,12-13,17-18,20-21,24H,1,3,5,8,11,14-15H2,(H,25,26)/b4-2+,13-12+. The lowest BCUT2D eigenvalue weighted by atomic mass is 9.62. The molecule has 5 nitrogen and oxygen atoms in total. The van der Waals surface area contributed by atoms with E-state index in [-0.39, 0.29) is 12.5 Å².